The number of carboxylic acid groups (broad SMARTS) is 1. The smallest absolute Gasteiger partial charge is 0.336 e. The van der Waals surface area contributed by atoms with Crippen molar-refractivity contribution in [2.45, 2.75) is 32.1 Å². The van der Waals surface area contributed by atoms with Crippen molar-refractivity contribution in [1.82, 2.24) is 4.98 Å². The largest absolute Gasteiger partial charge is 0.493 e. The van der Waals surface area contributed by atoms with Crippen molar-refractivity contribution in [2.75, 3.05) is 6.61 Å². The number of hydrogen-bond acceptors (Lipinski definition) is 3. The van der Waals surface area contributed by atoms with Gasteiger partial charge in [0.15, 0.2) is 0 Å². The summed E-state index contributed by atoms with van der Waals surface area (Å²) in [6.45, 7) is 2.77. The van der Waals surface area contributed by atoms with Crippen LogP contribution in [-0.2, 0) is 6.42 Å². The quantitative estimate of drug-likeness (QED) is 0.663. The van der Waals surface area contributed by atoms with Gasteiger partial charge in [0.05, 0.1) is 12.2 Å². The van der Waals surface area contributed by atoms with Crippen LogP contribution >= 0.6 is 0 Å². The SMILES string of the molecule is Cc1ccc(-c2ccc3c(c2)OCC[C@@H]3CCc2cnccc2C(=O)O)cc1. The van der Waals surface area contributed by atoms with Crippen LogP contribution in [0.25, 0.3) is 11.1 Å². The van der Waals surface area contributed by atoms with Gasteiger partial charge < -0.3 is 9.84 Å². The molecule has 142 valence electrons. The van der Waals surface area contributed by atoms with Gasteiger partial charge in [-0.3, -0.25) is 4.98 Å². The molecule has 0 unspecified atom stereocenters. The topological polar surface area (TPSA) is 59.4 Å². The zero-order valence-corrected chi connectivity index (χ0v) is 15.9. The Balaban J connectivity index is 1.54. The first-order valence-corrected chi connectivity index (χ1v) is 9.62. The van der Waals surface area contributed by atoms with Crippen LogP contribution in [0.2, 0.25) is 0 Å². The predicted octanol–water partition coefficient (Wildman–Crippen LogP) is 5.25. The number of pyridine rings is 1. The lowest BCUT2D eigenvalue weighted by atomic mass is 9.86. The van der Waals surface area contributed by atoms with Crippen molar-refractivity contribution < 1.29 is 14.6 Å². The number of rotatable bonds is 5. The van der Waals surface area contributed by atoms with Crippen molar-refractivity contribution in [3.63, 3.8) is 0 Å². The van der Waals surface area contributed by atoms with Crippen LogP contribution in [-0.4, -0.2) is 22.7 Å². The van der Waals surface area contributed by atoms with Gasteiger partial charge in [0.1, 0.15) is 5.75 Å². The van der Waals surface area contributed by atoms with Crippen LogP contribution in [0, 0.1) is 6.92 Å². The third-order valence-electron chi connectivity index (χ3n) is 5.46. The van der Waals surface area contributed by atoms with E-state index in [0.717, 1.165) is 29.7 Å². The Bertz CT molecular complexity index is 995. The molecule has 2 heterocycles. The van der Waals surface area contributed by atoms with Crippen LogP contribution in [0.3, 0.4) is 0 Å². The number of aromatic nitrogens is 1. The molecule has 4 heteroatoms. The minimum atomic E-state index is -0.896. The average Bonchev–Trinajstić information content (AvgIpc) is 2.72. The molecule has 2 aromatic carbocycles. The number of benzene rings is 2. The fourth-order valence-corrected chi connectivity index (χ4v) is 3.85. The van der Waals surface area contributed by atoms with Gasteiger partial charge in [0.2, 0.25) is 0 Å². The van der Waals surface area contributed by atoms with Crippen molar-refractivity contribution >= 4 is 5.97 Å². The molecule has 4 nitrogen and oxygen atoms in total. The van der Waals surface area contributed by atoms with Crippen molar-refractivity contribution in [3.05, 3.63) is 83.2 Å². The van der Waals surface area contributed by atoms with E-state index in [2.05, 4.69) is 54.4 Å². The van der Waals surface area contributed by atoms with E-state index in [9.17, 15) is 9.90 Å². The number of ether oxygens (including phenoxy) is 1. The third-order valence-corrected chi connectivity index (χ3v) is 5.46. The molecular weight excluding hydrogens is 350 g/mol. The average molecular weight is 373 g/mol. The molecule has 1 aromatic heterocycles. The third kappa shape index (κ3) is 3.77. The van der Waals surface area contributed by atoms with Crippen molar-refractivity contribution in [2.24, 2.45) is 0 Å². The van der Waals surface area contributed by atoms with E-state index in [0.29, 0.717) is 24.5 Å². The fourth-order valence-electron chi connectivity index (χ4n) is 3.85. The molecule has 0 spiro atoms. The summed E-state index contributed by atoms with van der Waals surface area (Å²) in [5, 5.41) is 9.37. The molecule has 4 rings (SSSR count). The Kier molecular flexibility index (Phi) is 5.11. The number of nitrogens with zero attached hydrogens (tertiary/aromatic N) is 1. The number of aromatic carboxylic acids is 1. The summed E-state index contributed by atoms with van der Waals surface area (Å²) in [5.74, 6) is 0.407. The standard InChI is InChI=1S/C24H23NO3/c1-16-2-4-17(5-3-16)19-8-9-21-18(11-13-28-23(21)14-19)6-7-20-15-25-12-10-22(20)24(26)27/h2-5,8-10,12,14-15,18H,6-7,11,13H2,1H3,(H,26,27)/t18-/m0/s1. The van der Waals surface area contributed by atoms with Gasteiger partial charge in [-0.05, 0) is 66.5 Å². The van der Waals surface area contributed by atoms with Crippen LogP contribution in [0.4, 0.5) is 0 Å². The predicted molar refractivity (Wildman–Crippen MR) is 109 cm³/mol. The first kappa shape index (κ1) is 18.2. The van der Waals surface area contributed by atoms with Crippen molar-refractivity contribution in [1.29, 1.82) is 0 Å². The molecule has 0 bridgehead atoms. The number of hydrogen-bond donors (Lipinski definition) is 1. The minimum absolute atomic E-state index is 0.344. The lowest BCUT2D eigenvalue weighted by Crippen LogP contribution is -2.15. The summed E-state index contributed by atoms with van der Waals surface area (Å²) in [6, 6.07) is 16.5. The van der Waals surface area contributed by atoms with Crippen LogP contribution < -0.4 is 4.74 Å². The molecule has 0 amide bonds. The van der Waals surface area contributed by atoms with E-state index in [1.807, 2.05) is 0 Å². The molecule has 1 aliphatic heterocycles. The lowest BCUT2D eigenvalue weighted by molar-refractivity contribution is 0.0695. The highest BCUT2D eigenvalue weighted by Gasteiger charge is 2.22. The summed E-state index contributed by atoms with van der Waals surface area (Å²) in [5.41, 5.74) is 5.92. The minimum Gasteiger partial charge on any atom is -0.493 e. The van der Waals surface area contributed by atoms with Crippen LogP contribution in [0.1, 0.15) is 45.8 Å². The maximum absolute atomic E-state index is 11.4. The van der Waals surface area contributed by atoms with Crippen molar-refractivity contribution in [3.8, 4) is 16.9 Å². The number of fused-ring (bicyclic) bond motifs is 1. The molecular formula is C24H23NO3. The highest BCUT2D eigenvalue weighted by molar-refractivity contribution is 5.89. The Morgan fingerprint density at radius 1 is 1.14 bits per heavy atom. The maximum Gasteiger partial charge on any atom is 0.336 e. The second-order valence-electron chi connectivity index (χ2n) is 7.33. The molecule has 28 heavy (non-hydrogen) atoms. The normalized spacial score (nSPS) is 15.5. The number of aryl methyl sites for hydroxylation is 2. The van der Waals surface area contributed by atoms with E-state index in [1.165, 1.54) is 22.9 Å². The molecule has 0 fully saturated rings. The molecule has 3 aromatic rings. The molecule has 1 aliphatic rings. The maximum atomic E-state index is 11.4. The monoisotopic (exact) mass is 373 g/mol. The fraction of sp³-hybridized carbons (Fsp3) is 0.250. The second kappa shape index (κ2) is 7.85. The van der Waals surface area contributed by atoms with Crippen LogP contribution in [0.15, 0.2) is 60.9 Å². The lowest BCUT2D eigenvalue weighted by Gasteiger charge is -2.26. The molecule has 1 atom stereocenters. The van der Waals surface area contributed by atoms with E-state index in [-0.39, 0.29) is 0 Å². The van der Waals surface area contributed by atoms with Crippen LogP contribution in [0.5, 0.6) is 5.75 Å². The van der Waals surface area contributed by atoms with Gasteiger partial charge in [-0.2, -0.15) is 0 Å². The Hall–Kier alpha value is -3.14. The van der Waals surface area contributed by atoms with E-state index in [1.54, 1.807) is 12.3 Å². The molecule has 0 aliphatic carbocycles. The molecule has 0 saturated carbocycles. The van der Waals surface area contributed by atoms with Gasteiger partial charge in [-0.1, -0.05) is 42.0 Å². The number of carboxylic acids is 1. The Labute approximate surface area is 164 Å². The van der Waals surface area contributed by atoms with Gasteiger partial charge in [0, 0.05) is 12.4 Å². The van der Waals surface area contributed by atoms with Gasteiger partial charge in [-0.25, -0.2) is 4.79 Å². The summed E-state index contributed by atoms with van der Waals surface area (Å²) in [7, 11) is 0. The summed E-state index contributed by atoms with van der Waals surface area (Å²) in [4.78, 5) is 15.5. The van der Waals surface area contributed by atoms with E-state index in [4.69, 9.17) is 4.74 Å². The second-order valence-corrected chi connectivity index (χ2v) is 7.33. The highest BCUT2D eigenvalue weighted by atomic mass is 16.5. The van der Waals surface area contributed by atoms with E-state index < -0.39 is 5.97 Å². The Morgan fingerprint density at radius 3 is 2.71 bits per heavy atom. The summed E-state index contributed by atoms with van der Waals surface area (Å²) in [6.07, 6.45) is 5.72. The van der Waals surface area contributed by atoms with E-state index >= 15 is 0 Å². The first-order valence-electron chi connectivity index (χ1n) is 9.62. The van der Waals surface area contributed by atoms with Gasteiger partial charge in [0.25, 0.3) is 0 Å². The first-order chi connectivity index (χ1) is 13.6. The van der Waals surface area contributed by atoms with Gasteiger partial charge in [-0.15, -0.1) is 0 Å². The zero-order chi connectivity index (χ0) is 19.5. The van der Waals surface area contributed by atoms with Gasteiger partial charge >= 0.3 is 5.97 Å². The Morgan fingerprint density at radius 2 is 1.93 bits per heavy atom. The molecule has 1 N–H and O–H groups in total. The highest BCUT2D eigenvalue weighted by Crippen LogP contribution is 2.39. The molecule has 0 radical (unpaired) electrons. The number of carbonyl (C=O) groups is 1. The summed E-state index contributed by atoms with van der Waals surface area (Å²) >= 11 is 0. The summed E-state index contributed by atoms with van der Waals surface area (Å²) < 4.78 is 5.95. The zero-order valence-electron chi connectivity index (χ0n) is 15.9. The molecule has 0 saturated heterocycles.